The van der Waals surface area contributed by atoms with Gasteiger partial charge in [-0.25, -0.2) is 4.39 Å². The molecule has 1 aliphatic carbocycles. The zero-order valence-corrected chi connectivity index (χ0v) is 10.3. The molecule has 2 nitrogen and oxygen atoms in total. The Morgan fingerprint density at radius 2 is 1.89 bits per heavy atom. The van der Waals surface area contributed by atoms with E-state index in [2.05, 4.69) is 0 Å². The van der Waals surface area contributed by atoms with Gasteiger partial charge in [-0.05, 0) is 29.2 Å². The summed E-state index contributed by atoms with van der Waals surface area (Å²) in [5, 5.41) is 9.01. The summed E-state index contributed by atoms with van der Waals surface area (Å²) < 4.78 is 51.8. The van der Waals surface area contributed by atoms with Crippen LogP contribution in [0.15, 0.2) is 18.2 Å². The maximum Gasteiger partial charge on any atom is 0.416 e. The van der Waals surface area contributed by atoms with Crippen LogP contribution in [0.2, 0.25) is 0 Å². The minimum atomic E-state index is -4.62. The summed E-state index contributed by atoms with van der Waals surface area (Å²) in [6.07, 6.45) is -4.62. The number of halogens is 4. The highest BCUT2D eigenvalue weighted by molar-refractivity contribution is 5.77. The lowest BCUT2D eigenvalue weighted by molar-refractivity contribution is -0.140. The van der Waals surface area contributed by atoms with Gasteiger partial charge in [-0.1, -0.05) is 13.8 Å². The number of hydrogen-bond acceptors (Lipinski definition) is 1. The van der Waals surface area contributed by atoms with Crippen molar-refractivity contribution in [3.8, 4) is 0 Å². The zero-order chi connectivity index (χ0) is 14.6. The predicted molar refractivity (Wildman–Crippen MR) is 59.0 cm³/mol. The van der Waals surface area contributed by atoms with Crippen LogP contribution in [0.25, 0.3) is 0 Å². The van der Waals surface area contributed by atoms with Crippen LogP contribution in [-0.4, -0.2) is 11.1 Å². The number of alkyl halides is 3. The number of hydrogen-bond donors (Lipinski definition) is 1. The van der Waals surface area contributed by atoms with Gasteiger partial charge in [0.2, 0.25) is 0 Å². The van der Waals surface area contributed by atoms with Crippen LogP contribution in [0.5, 0.6) is 0 Å². The fraction of sp³-hybridized carbons (Fsp3) is 0.462. The number of carbonyl (C=O) groups is 1. The molecule has 2 unspecified atom stereocenters. The highest BCUT2D eigenvalue weighted by atomic mass is 19.4. The van der Waals surface area contributed by atoms with Crippen LogP contribution < -0.4 is 0 Å². The molecule has 0 amide bonds. The van der Waals surface area contributed by atoms with Gasteiger partial charge < -0.3 is 5.11 Å². The molecule has 1 N–H and O–H groups in total. The third-order valence-corrected chi connectivity index (χ3v) is 3.75. The Labute approximate surface area is 107 Å². The van der Waals surface area contributed by atoms with Crippen molar-refractivity contribution in [2.45, 2.75) is 25.9 Å². The average Bonchev–Trinajstić information content (AvgIpc) is 2.79. The molecule has 1 aromatic carbocycles. The summed E-state index contributed by atoms with van der Waals surface area (Å²) in [4.78, 5) is 11.0. The SMILES string of the molecule is CC1(C)C(C(=O)O)C1c1cc(F)ccc1C(F)(F)F. The van der Waals surface area contributed by atoms with E-state index in [9.17, 15) is 22.4 Å². The molecule has 19 heavy (non-hydrogen) atoms. The van der Waals surface area contributed by atoms with Crippen molar-refractivity contribution in [3.05, 3.63) is 35.1 Å². The van der Waals surface area contributed by atoms with Gasteiger partial charge in [0.1, 0.15) is 5.82 Å². The van der Waals surface area contributed by atoms with Gasteiger partial charge in [0.25, 0.3) is 0 Å². The fourth-order valence-corrected chi connectivity index (χ4v) is 2.73. The summed E-state index contributed by atoms with van der Waals surface area (Å²) in [5.41, 5.74) is -2.04. The van der Waals surface area contributed by atoms with Gasteiger partial charge in [-0.15, -0.1) is 0 Å². The van der Waals surface area contributed by atoms with Crippen LogP contribution in [0.1, 0.15) is 30.9 Å². The predicted octanol–water partition coefficient (Wildman–Crippen LogP) is 3.67. The monoisotopic (exact) mass is 276 g/mol. The molecule has 0 heterocycles. The Balaban J connectivity index is 2.52. The van der Waals surface area contributed by atoms with Crippen LogP contribution in [0.3, 0.4) is 0 Å². The molecule has 0 bridgehead atoms. The van der Waals surface area contributed by atoms with E-state index in [0.29, 0.717) is 6.07 Å². The second-order valence-electron chi connectivity index (χ2n) is 5.34. The van der Waals surface area contributed by atoms with Gasteiger partial charge in [0.15, 0.2) is 0 Å². The molecule has 6 heteroatoms. The second-order valence-corrected chi connectivity index (χ2v) is 5.34. The molecule has 1 fully saturated rings. The number of carboxylic acids is 1. The molecular weight excluding hydrogens is 264 g/mol. The van der Waals surface area contributed by atoms with Crippen molar-refractivity contribution < 1.29 is 27.5 Å². The van der Waals surface area contributed by atoms with Crippen LogP contribution >= 0.6 is 0 Å². The Hall–Kier alpha value is -1.59. The van der Waals surface area contributed by atoms with Crippen LogP contribution in [0, 0.1) is 17.2 Å². The number of benzene rings is 1. The van der Waals surface area contributed by atoms with E-state index in [4.69, 9.17) is 5.11 Å². The van der Waals surface area contributed by atoms with Gasteiger partial charge in [-0.3, -0.25) is 4.79 Å². The van der Waals surface area contributed by atoms with E-state index >= 15 is 0 Å². The first-order valence-corrected chi connectivity index (χ1v) is 5.66. The Bertz CT molecular complexity index is 534. The second kappa shape index (κ2) is 3.95. The number of aliphatic carboxylic acids is 1. The molecule has 0 saturated heterocycles. The fourth-order valence-electron chi connectivity index (χ4n) is 2.73. The topological polar surface area (TPSA) is 37.3 Å². The van der Waals surface area contributed by atoms with Crippen molar-refractivity contribution in [2.24, 2.45) is 11.3 Å². The quantitative estimate of drug-likeness (QED) is 0.837. The van der Waals surface area contributed by atoms with Gasteiger partial charge >= 0.3 is 12.1 Å². The first-order valence-electron chi connectivity index (χ1n) is 5.66. The number of carboxylic acid groups (broad SMARTS) is 1. The third kappa shape index (κ3) is 2.19. The Morgan fingerprint density at radius 3 is 2.32 bits per heavy atom. The van der Waals surface area contributed by atoms with Crippen molar-refractivity contribution >= 4 is 5.97 Å². The highest BCUT2D eigenvalue weighted by Crippen LogP contribution is 2.65. The van der Waals surface area contributed by atoms with Gasteiger partial charge in [-0.2, -0.15) is 13.2 Å². The standard InChI is InChI=1S/C13H12F4O2/c1-12(2)9(10(12)11(18)19)7-5-6(14)3-4-8(7)13(15,16)17/h3-5,9-10H,1-2H3,(H,18,19). The normalized spacial score (nSPS) is 25.2. The molecule has 1 aromatic rings. The molecule has 2 atom stereocenters. The van der Waals surface area contributed by atoms with Crippen molar-refractivity contribution in [3.63, 3.8) is 0 Å². The highest BCUT2D eigenvalue weighted by Gasteiger charge is 2.64. The molecular formula is C13H12F4O2. The lowest BCUT2D eigenvalue weighted by atomic mass is 9.97. The summed E-state index contributed by atoms with van der Waals surface area (Å²) in [5.74, 6) is -3.70. The minimum absolute atomic E-state index is 0.273. The molecule has 2 rings (SSSR count). The van der Waals surface area contributed by atoms with E-state index in [1.807, 2.05) is 0 Å². The van der Waals surface area contributed by atoms with Gasteiger partial charge in [0.05, 0.1) is 11.5 Å². The molecule has 104 valence electrons. The molecule has 0 aromatic heterocycles. The third-order valence-electron chi connectivity index (χ3n) is 3.75. The van der Waals surface area contributed by atoms with E-state index < -0.39 is 40.8 Å². The minimum Gasteiger partial charge on any atom is -0.481 e. The van der Waals surface area contributed by atoms with E-state index in [-0.39, 0.29) is 5.56 Å². The molecule has 0 aliphatic heterocycles. The van der Waals surface area contributed by atoms with Crippen molar-refractivity contribution in [1.82, 2.24) is 0 Å². The van der Waals surface area contributed by atoms with E-state index in [1.54, 1.807) is 13.8 Å². The molecule has 0 radical (unpaired) electrons. The van der Waals surface area contributed by atoms with Gasteiger partial charge in [0, 0.05) is 5.92 Å². The van der Waals surface area contributed by atoms with Crippen molar-refractivity contribution in [2.75, 3.05) is 0 Å². The maximum atomic E-state index is 13.2. The molecule has 1 aliphatic rings. The summed E-state index contributed by atoms with van der Waals surface area (Å²) in [7, 11) is 0. The number of rotatable bonds is 2. The zero-order valence-electron chi connectivity index (χ0n) is 10.3. The first-order chi connectivity index (χ1) is 8.56. The van der Waals surface area contributed by atoms with Crippen LogP contribution in [-0.2, 0) is 11.0 Å². The molecule has 1 saturated carbocycles. The Kier molecular flexibility index (Phi) is 2.88. The summed E-state index contributed by atoms with van der Waals surface area (Å²) in [6.45, 7) is 3.14. The average molecular weight is 276 g/mol. The largest absolute Gasteiger partial charge is 0.481 e. The Morgan fingerprint density at radius 1 is 1.32 bits per heavy atom. The van der Waals surface area contributed by atoms with E-state index in [0.717, 1.165) is 12.1 Å². The summed E-state index contributed by atoms with van der Waals surface area (Å²) >= 11 is 0. The summed E-state index contributed by atoms with van der Waals surface area (Å²) in [6, 6.07) is 2.19. The molecule has 0 spiro atoms. The lowest BCUT2D eigenvalue weighted by Crippen LogP contribution is -2.10. The van der Waals surface area contributed by atoms with E-state index in [1.165, 1.54) is 0 Å². The van der Waals surface area contributed by atoms with Crippen LogP contribution in [0.4, 0.5) is 17.6 Å². The lowest BCUT2D eigenvalue weighted by Gasteiger charge is -2.13. The smallest absolute Gasteiger partial charge is 0.416 e. The maximum absolute atomic E-state index is 13.2. The van der Waals surface area contributed by atoms with Crippen molar-refractivity contribution in [1.29, 1.82) is 0 Å². The first kappa shape index (κ1) is 13.8.